The zero-order valence-corrected chi connectivity index (χ0v) is 15.0. The minimum atomic E-state index is -0.599. The smallest absolute Gasteiger partial charge is 0.261 e. The van der Waals surface area contributed by atoms with E-state index in [1.165, 1.54) is 0 Å². The van der Waals surface area contributed by atoms with E-state index >= 15 is 0 Å². The lowest BCUT2D eigenvalue weighted by molar-refractivity contribution is -0.128. The lowest BCUT2D eigenvalue weighted by Crippen LogP contribution is -2.37. The molecule has 4 nitrogen and oxygen atoms in total. The van der Waals surface area contributed by atoms with E-state index in [-0.39, 0.29) is 11.9 Å². The summed E-state index contributed by atoms with van der Waals surface area (Å²) in [4.78, 5) is 12.3. The van der Waals surface area contributed by atoms with Gasteiger partial charge >= 0.3 is 0 Å². The highest BCUT2D eigenvalue weighted by molar-refractivity contribution is 9.10. The fourth-order valence-electron chi connectivity index (χ4n) is 2.39. The quantitative estimate of drug-likeness (QED) is 0.681. The number of hydrogen-bond acceptors (Lipinski definition) is 3. The Kier molecular flexibility index (Phi) is 4.90. The number of halogens is 1. The molecule has 2 aromatic carbocycles. The van der Waals surface area contributed by atoms with E-state index in [2.05, 4.69) is 21.2 Å². The van der Waals surface area contributed by atoms with Gasteiger partial charge in [0.05, 0.1) is 6.04 Å². The molecule has 0 bridgehead atoms. The van der Waals surface area contributed by atoms with Crippen molar-refractivity contribution in [2.24, 2.45) is 0 Å². The van der Waals surface area contributed by atoms with Crippen LogP contribution in [0.1, 0.15) is 25.6 Å². The second-order valence-corrected chi connectivity index (χ2v) is 6.55. The molecule has 3 rings (SSSR count). The summed E-state index contributed by atoms with van der Waals surface area (Å²) >= 11 is 3.37. The minimum Gasteiger partial charge on any atom is -0.481 e. The van der Waals surface area contributed by atoms with Crippen LogP contribution in [-0.2, 0) is 4.79 Å². The van der Waals surface area contributed by atoms with E-state index in [0.717, 1.165) is 21.2 Å². The predicted molar refractivity (Wildman–Crippen MR) is 97.0 cm³/mol. The van der Waals surface area contributed by atoms with Crippen molar-refractivity contribution in [1.29, 1.82) is 0 Å². The first-order valence-corrected chi connectivity index (χ1v) is 8.53. The SMILES string of the molecule is C[C@H](Oc1ccc(Br)cc1)C(=O)N[C@@H](C)c1cc2ccccc2o1. The van der Waals surface area contributed by atoms with E-state index < -0.39 is 6.10 Å². The zero-order valence-electron chi connectivity index (χ0n) is 13.5. The van der Waals surface area contributed by atoms with Crippen molar-refractivity contribution < 1.29 is 13.9 Å². The van der Waals surface area contributed by atoms with Crippen molar-refractivity contribution in [3.63, 3.8) is 0 Å². The van der Waals surface area contributed by atoms with Gasteiger partial charge in [0.2, 0.25) is 0 Å². The molecule has 0 fully saturated rings. The summed E-state index contributed by atoms with van der Waals surface area (Å²) < 4.78 is 12.4. The van der Waals surface area contributed by atoms with Crippen molar-refractivity contribution >= 4 is 32.8 Å². The second-order valence-electron chi connectivity index (χ2n) is 5.63. The fourth-order valence-corrected chi connectivity index (χ4v) is 2.65. The van der Waals surface area contributed by atoms with Crippen molar-refractivity contribution in [1.82, 2.24) is 5.32 Å². The van der Waals surface area contributed by atoms with Crippen molar-refractivity contribution in [2.75, 3.05) is 0 Å². The number of hydrogen-bond donors (Lipinski definition) is 1. The Morgan fingerprint density at radius 1 is 1.12 bits per heavy atom. The van der Waals surface area contributed by atoms with Crippen LogP contribution in [-0.4, -0.2) is 12.0 Å². The Morgan fingerprint density at radius 3 is 2.54 bits per heavy atom. The van der Waals surface area contributed by atoms with Gasteiger partial charge in [-0.2, -0.15) is 0 Å². The zero-order chi connectivity index (χ0) is 17.1. The molecule has 0 radical (unpaired) electrons. The van der Waals surface area contributed by atoms with Crippen LogP contribution in [0.2, 0.25) is 0 Å². The third-order valence-electron chi connectivity index (χ3n) is 3.73. The summed E-state index contributed by atoms with van der Waals surface area (Å²) in [6.45, 7) is 3.62. The fraction of sp³-hybridized carbons (Fsp3) is 0.211. The lowest BCUT2D eigenvalue weighted by Gasteiger charge is -2.17. The van der Waals surface area contributed by atoms with Gasteiger partial charge in [-0.25, -0.2) is 0 Å². The van der Waals surface area contributed by atoms with Gasteiger partial charge in [0.1, 0.15) is 17.1 Å². The molecule has 1 heterocycles. The standard InChI is InChI=1S/C19H18BrNO3/c1-12(18-11-14-5-3-4-6-17(14)24-18)21-19(22)13(2)23-16-9-7-15(20)8-10-16/h3-13H,1-2H3,(H,21,22)/t12-,13-/m0/s1. The maximum absolute atomic E-state index is 12.3. The molecule has 0 aliphatic rings. The molecule has 124 valence electrons. The van der Waals surface area contributed by atoms with Crippen molar-refractivity contribution in [2.45, 2.75) is 26.0 Å². The lowest BCUT2D eigenvalue weighted by atomic mass is 10.2. The van der Waals surface area contributed by atoms with Crippen LogP contribution in [0.5, 0.6) is 5.75 Å². The third-order valence-corrected chi connectivity index (χ3v) is 4.25. The number of rotatable bonds is 5. The van der Waals surface area contributed by atoms with Crippen LogP contribution in [0.25, 0.3) is 11.0 Å². The maximum atomic E-state index is 12.3. The molecule has 0 aliphatic heterocycles. The Hall–Kier alpha value is -2.27. The maximum Gasteiger partial charge on any atom is 0.261 e. The molecule has 0 aliphatic carbocycles. The highest BCUT2D eigenvalue weighted by Crippen LogP contribution is 2.24. The average Bonchev–Trinajstić information content (AvgIpc) is 3.01. The van der Waals surface area contributed by atoms with Crippen molar-refractivity contribution in [3.8, 4) is 5.75 Å². The van der Waals surface area contributed by atoms with Gasteiger partial charge in [-0.1, -0.05) is 34.1 Å². The van der Waals surface area contributed by atoms with Crippen LogP contribution in [0.4, 0.5) is 0 Å². The minimum absolute atomic E-state index is 0.189. The van der Waals surface area contributed by atoms with E-state index in [0.29, 0.717) is 5.75 Å². The highest BCUT2D eigenvalue weighted by atomic mass is 79.9. The molecule has 1 N–H and O–H groups in total. The molecule has 5 heteroatoms. The van der Waals surface area contributed by atoms with E-state index in [1.54, 1.807) is 6.92 Å². The molecule has 24 heavy (non-hydrogen) atoms. The molecule has 0 unspecified atom stereocenters. The van der Waals surface area contributed by atoms with Gasteiger partial charge in [-0.05, 0) is 50.2 Å². The first-order valence-electron chi connectivity index (χ1n) is 7.74. The van der Waals surface area contributed by atoms with Crippen molar-refractivity contribution in [3.05, 3.63) is 64.8 Å². The van der Waals surface area contributed by atoms with Crippen LogP contribution in [0.3, 0.4) is 0 Å². The molecule has 0 saturated heterocycles. The second kappa shape index (κ2) is 7.09. The number of ether oxygens (including phenoxy) is 1. The van der Waals surface area contributed by atoms with Gasteiger partial charge in [-0.3, -0.25) is 4.79 Å². The Labute approximate surface area is 148 Å². The normalized spacial score (nSPS) is 13.5. The number of carbonyl (C=O) groups excluding carboxylic acids is 1. The Bertz CT molecular complexity index is 808. The monoisotopic (exact) mass is 387 g/mol. The molecular formula is C19H18BrNO3. The third kappa shape index (κ3) is 3.79. The Morgan fingerprint density at radius 2 is 1.83 bits per heavy atom. The van der Waals surface area contributed by atoms with Crippen LogP contribution >= 0.6 is 15.9 Å². The first-order chi connectivity index (χ1) is 11.5. The van der Waals surface area contributed by atoms with Crippen LogP contribution < -0.4 is 10.1 Å². The van der Waals surface area contributed by atoms with Gasteiger partial charge < -0.3 is 14.5 Å². The predicted octanol–water partition coefficient (Wildman–Crippen LogP) is 4.84. The topological polar surface area (TPSA) is 51.5 Å². The van der Waals surface area contributed by atoms with Gasteiger partial charge in [0.25, 0.3) is 5.91 Å². The number of nitrogens with one attached hydrogen (secondary N) is 1. The van der Waals surface area contributed by atoms with E-state index in [9.17, 15) is 4.79 Å². The molecule has 1 amide bonds. The summed E-state index contributed by atoms with van der Waals surface area (Å²) in [6, 6.07) is 16.9. The summed E-state index contributed by atoms with van der Waals surface area (Å²) in [5, 5.41) is 3.94. The molecule has 2 atom stereocenters. The number of benzene rings is 2. The number of para-hydroxylation sites is 1. The molecule has 0 saturated carbocycles. The number of furan rings is 1. The van der Waals surface area contributed by atoms with E-state index in [1.807, 2.05) is 61.5 Å². The average molecular weight is 388 g/mol. The van der Waals surface area contributed by atoms with Crippen LogP contribution in [0, 0.1) is 0 Å². The van der Waals surface area contributed by atoms with Gasteiger partial charge in [-0.15, -0.1) is 0 Å². The molecule has 3 aromatic rings. The van der Waals surface area contributed by atoms with Crippen LogP contribution in [0.15, 0.2) is 63.5 Å². The summed E-state index contributed by atoms with van der Waals surface area (Å²) in [5.74, 6) is 1.18. The van der Waals surface area contributed by atoms with E-state index in [4.69, 9.17) is 9.15 Å². The summed E-state index contributed by atoms with van der Waals surface area (Å²) in [7, 11) is 0. The molecule has 0 spiro atoms. The number of carbonyl (C=O) groups is 1. The summed E-state index contributed by atoms with van der Waals surface area (Å²) in [6.07, 6.45) is -0.599. The first kappa shape index (κ1) is 16.6. The number of amides is 1. The summed E-state index contributed by atoms with van der Waals surface area (Å²) in [5.41, 5.74) is 0.813. The van der Waals surface area contributed by atoms with Gasteiger partial charge in [0.15, 0.2) is 6.10 Å². The molecule has 1 aromatic heterocycles. The largest absolute Gasteiger partial charge is 0.481 e. The van der Waals surface area contributed by atoms with Gasteiger partial charge in [0, 0.05) is 9.86 Å². The highest BCUT2D eigenvalue weighted by Gasteiger charge is 2.19. The molecular weight excluding hydrogens is 370 g/mol. The Balaban J connectivity index is 1.63. The number of fused-ring (bicyclic) bond motifs is 1.